The zero-order valence-electron chi connectivity index (χ0n) is 10.7. The molecule has 0 fully saturated rings. The summed E-state index contributed by atoms with van der Waals surface area (Å²) in [4.78, 5) is 22.4. The molecule has 9 heteroatoms. The van der Waals surface area contributed by atoms with Gasteiger partial charge in [0.1, 0.15) is 0 Å². The maximum atomic E-state index is 11.8. The summed E-state index contributed by atoms with van der Waals surface area (Å²) in [5.74, 6) is -2.29. The third kappa shape index (κ3) is 5.68. The lowest BCUT2D eigenvalue weighted by Crippen LogP contribution is -2.32. The van der Waals surface area contributed by atoms with E-state index < -0.39 is 40.2 Å². The molecule has 1 atom stereocenters. The number of hydrogen-bond acceptors (Lipinski definition) is 6. The Labute approximate surface area is 120 Å². The molecule has 20 heavy (non-hydrogen) atoms. The molecule has 0 saturated heterocycles. The number of carbonyl (C=O) groups is 2. The van der Waals surface area contributed by atoms with Crippen molar-refractivity contribution in [1.29, 1.82) is 0 Å². The minimum atomic E-state index is -3.79. The van der Waals surface area contributed by atoms with Crippen molar-refractivity contribution in [2.24, 2.45) is 0 Å². The molecule has 0 spiro atoms. The fourth-order valence-corrected chi connectivity index (χ4v) is 3.49. The van der Waals surface area contributed by atoms with E-state index in [0.29, 0.717) is 4.88 Å². The van der Waals surface area contributed by atoms with Gasteiger partial charge >= 0.3 is 11.9 Å². The highest BCUT2D eigenvalue weighted by atomic mass is 32.2. The van der Waals surface area contributed by atoms with Crippen LogP contribution in [-0.2, 0) is 24.3 Å². The van der Waals surface area contributed by atoms with Crippen LogP contribution < -0.4 is 4.72 Å². The van der Waals surface area contributed by atoms with Gasteiger partial charge in [-0.25, -0.2) is 13.1 Å². The Morgan fingerprint density at radius 3 is 2.70 bits per heavy atom. The second kappa shape index (κ2) is 7.36. The van der Waals surface area contributed by atoms with Crippen LogP contribution >= 0.6 is 11.3 Å². The summed E-state index contributed by atoms with van der Waals surface area (Å²) in [6.45, 7) is 0. The van der Waals surface area contributed by atoms with Crippen molar-refractivity contribution in [1.82, 2.24) is 4.72 Å². The molecule has 0 amide bonds. The van der Waals surface area contributed by atoms with Crippen molar-refractivity contribution >= 4 is 33.3 Å². The van der Waals surface area contributed by atoms with Crippen LogP contribution in [0.3, 0.4) is 0 Å². The van der Waals surface area contributed by atoms with Crippen LogP contribution in [0.1, 0.15) is 23.8 Å². The highest BCUT2D eigenvalue weighted by molar-refractivity contribution is 7.89. The normalized spacial score (nSPS) is 12.8. The van der Waals surface area contributed by atoms with E-state index in [9.17, 15) is 18.0 Å². The fourth-order valence-electron chi connectivity index (χ4n) is 1.44. The van der Waals surface area contributed by atoms with E-state index in [1.165, 1.54) is 18.4 Å². The van der Waals surface area contributed by atoms with E-state index in [1.54, 1.807) is 17.5 Å². The molecular weight excluding hydrogens is 306 g/mol. The maximum Gasteiger partial charge on any atom is 0.307 e. The summed E-state index contributed by atoms with van der Waals surface area (Å²) in [6.07, 6.45) is -0.645. The topological polar surface area (TPSA) is 110 Å². The van der Waals surface area contributed by atoms with Crippen LogP contribution in [0.2, 0.25) is 0 Å². The first-order valence-corrected chi connectivity index (χ1v) is 8.19. The van der Waals surface area contributed by atoms with E-state index in [2.05, 4.69) is 9.46 Å². The quantitative estimate of drug-likeness (QED) is 0.684. The Balaban J connectivity index is 2.79. The molecular formula is C11H15NO6S2. The number of ether oxygens (including phenoxy) is 1. The molecule has 0 aliphatic carbocycles. The highest BCUT2D eigenvalue weighted by Crippen LogP contribution is 2.23. The lowest BCUT2D eigenvalue weighted by atomic mass is 10.2. The molecule has 1 heterocycles. The maximum absolute atomic E-state index is 11.8. The van der Waals surface area contributed by atoms with Crippen LogP contribution in [0.5, 0.6) is 0 Å². The number of thiophene rings is 1. The molecule has 7 nitrogen and oxygen atoms in total. The smallest absolute Gasteiger partial charge is 0.307 e. The summed E-state index contributed by atoms with van der Waals surface area (Å²) in [7, 11) is -2.57. The van der Waals surface area contributed by atoms with Crippen LogP contribution in [0.25, 0.3) is 0 Å². The lowest BCUT2D eigenvalue weighted by Gasteiger charge is -2.16. The van der Waals surface area contributed by atoms with E-state index in [1.807, 2.05) is 0 Å². The first kappa shape index (κ1) is 16.6. The second-order valence-corrected chi connectivity index (χ2v) is 6.78. The van der Waals surface area contributed by atoms with E-state index in [4.69, 9.17) is 5.11 Å². The standard InChI is InChI=1S/C11H15NO6S2/c1-18-11(15)7-8(9-3-2-5-19-9)12-20(16,17)6-4-10(13)14/h2-3,5,8,12H,4,6-7H2,1H3,(H,13,14). The molecule has 0 aliphatic heterocycles. The number of methoxy groups -OCH3 is 1. The van der Waals surface area contributed by atoms with Gasteiger partial charge in [-0.15, -0.1) is 11.3 Å². The molecule has 1 rings (SSSR count). The Morgan fingerprint density at radius 1 is 1.50 bits per heavy atom. The third-order valence-electron chi connectivity index (χ3n) is 2.39. The van der Waals surface area contributed by atoms with Crippen molar-refractivity contribution in [3.05, 3.63) is 22.4 Å². The summed E-state index contributed by atoms with van der Waals surface area (Å²) in [5, 5.41) is 10.3. The third-order valence-corrected chi connectivity index (χ3v) is 4.76. The van der Waals surface area contributed by atoms with Gasteiger partial charge in [0.15, 0.2) is 0 Å². The van der Waals surface area contributed by atoms with Crippen LogP contribution in [0, 0.1) is 0 Å². The zero-order valence-corrected chi connectivity index (χ0v) is 12.4. The fraction of sp³-hybridized carbons (Fsp3) is 0.455. The number of carbonyl (C=O) groups excluding carboxylic acids is 1. The Kier molecular flexibility index (Phi) is 6.11. The molecule has 1 unspecified atom stereocenters. The Morgan fingerprint density at radius 2 is 2.20 bits per heavy atom. The van der Waals surface area contributed by atoms with Gasteiger partial charge in [0, 0.05) is 4.88 Å². The Hall–Kier alpha value is -1.45. The van der Waals surface area contributed by atoms with Gasteiger partial charge in [0.25, 0.3) is 0 Å². The average molecular weight is 321 g/mol. The molecule has 1 aromatic rings. The predicted molar refractivity (Wildman–Crippen MR) is 72.9 cm³/mol. The Bertz CT molecular complexity index is 551. The number of carboxylic acid groups (broad SMARTS) is 1. The number of aliphatic carboxylic acids is 1. The van der Waals surface area contributed by atoms with Crippen LogP contribution in [0.4, 0.5) is 0 Å². The first-order chi connectivity index (χ1) is 9.34. The van der Waals surface area contributed by atoms with Gasteiger partial charge in [0.2, 0.25) is 10.0 Å². The largest absolute Gasteiger partial charge is 0.481 e. The zero-order chi connectivity index (χ0) is 15.2. The number of nitrogens with one attached hydrogen (secondary N) is 1. The predicted octanol–water partition coefficient (Wildman–Crippen LogP) is 0.746. The first-order valence-electron chi connectivity index (χ1n) is 5.66. The lowest BCUT2D eigenvalue weighted by molar-refractivity contribution is -0.141. The number of esters is 1. The molecule has 0 saturated carbocycles. The summed E-state index contributed by atoms with van der Waals surface area (Å²) in [5.41, 5.74) is 0. The van der Waals surface area contributed by atoms with Gasteiger partial charge in [0.05, 0.1) is 31.7 Å². The van der Waals surface area contributed by atoms with E-state index in [-0.39, 0.29) is 6.42 Å². The van der Waals surface area contributed by atoms with Crippen molar-refractivity contribution in [3.8, 4) is 0 Å². The molecule has 1 aromatic heterocycles. The van der Waals surface area contributed by atoms with Gasteiger partial charge in [-0.1, -0.05) is 6.07 Å². The number of rotatable bonds is 8. The van der Waals surface area contributed by atoms with E-state index >= 15 is 0 Å². The number of carboxylic acids is 1. The minimum absolute atomic E-state index is 0.149. The van der Waals surface area contributed by atoms with Crippen molar-refractivity contribution < 1.29 is 27.9 Å². The highest BCUT2D eigenvalue weighted by Gasteiger charge is 2.23. The molecule has 2 N–H and O–H groups in total. The molecule has 0 aromatic carbocycles. The summed E-state index contributed by atoms with van der Waals surface area (Å²) < 4.78 is 30.4. The van der Waals surface area contributed by atoms with Gasteiger partial charge in [-0.05, 0) is 11.4 Å². The number of sulfonamides is 1. The monoisotopic (exact) mass is 321 g/mol. The molecule has 0 bridgehead atoms. The molecule has 0 aliphatic rings. The van der Waals surface area contributed by atoms with E-state index in [0.717, 1.165) is 0 Å². The van der Waals surface area contributed by atoms with Gasteiger partial charge in [-0.2, -0.15) is 0 Å². The van der Waals surface area contributed by atoms with Gasteiger partial charge in [-0.3, -0.25) is 9.59 Å². The average Bonchev–Trinajstić information content (AvgIpc) is 2.89. The van der Waals surface area contributed by atoms with Crippen molar-refractivity contribution in [2.45, 2.75) is 18.9 Å². The summed E-state index contributed by atoms with van der Waals surface area (Å²) in [6, 6.07) is 2.68. The molecule has 112 valence electrons. The van der Waals surface area contributed by atoms with Gasteiger partial charge < -0.3 is 9.84 Å². The van der Waals surface area contributed by atoms with Crippen LogP contribution in [-0.4, -0.2) is 38.3 Å². The molecule has 0 radical (unpaired) electrons. The second-order valence-electron chi connectivity index (χ2n) is 3.93. The van der Waals surface area contributed by atoms with Crippen LogP contribution in [0.15, 0.2) is 17.5 Å². The number of hydrogen-bond donors (Lipinski definition) is 2. The van der Waals surface area contributed by atoms with Crippen molar-refractivity contribution in [3.63, 3.8) is 0 Å². The van der Waals surface area contributed by atoms with Crippen molar-refractivity contribution in [2.75, 3.05) is 12.9 Å². The minimum Gasteiger partial charge on any atom is -0.481 e. The summed E-state index contributed by atoms with van der Waals surface area (Å²) >= 11 is 1.30. The SMILES string of the molecule is COC(=O)CC(NS(=O)(=O)CCC(=O)O)c1cccs1.